The van der Waals surface area contributed by atoms with Crippen molar-refractivity contribution in [3.8, 4) is 0 Å². The highest BCUT2D eigenvalue weighted by atomic mass is 19.1. The summed E-state index contributed by atoms with van der Waals surface area (Å²) in [4.78, 5) is 27.5. The molecule has 1 aromatic heterocycles. The lowest BCUT2D eigenvalue weighted by Gasteiger charge is -2.07. The number of hydrogen-bond donors (Lipinski definition) is 3. The lowest BCUT2D eigenvalue weighted by molar-refractivity contribution is 0.0997. The number of hydrogen-bond acceptors (Lipinski definition) is 5. The van der Waals surface area contributed by atoms with Gasteiger partial charge in [-0.3, -0.25) is 9.59 Å². The summed E-state index contributed by atoms with van der Waals surface area (Å²) in [6, 6.07) is 11.7. The minimum atomic E-state index is -1.44. The molecule has 2 amide bonds. The Morgan fingerprint density at radius 3 is 2.48 bits per heavy atom. The van der Waals surface area contributed by atoms with Crippen molar-refractivity contribution in [1.29, 1.82) is 0 Å². The third-order valence-electron chi connectivity index (χ3n) is 3.89. The number of nitrogens with two attached hydrogens (primary N) is 1. The maximum atomic E-state index is 13.8. The normalized spacial score (nSPS) is 11.8. The number of rotatable bonds is 5. The van der Waals surface area contributed by atoms with Gasteiger partial charge in [0.1, 0.15) is 11.6 Å². The summed E-state index contributed by atoms with van der Waals surface area (Å²) in [5, 5.41) is 12.9. The van der Waals surface area contributed by atoms with Gasteiger partial charge in [-0.2, -0.15) is 0 Å². The van der Waals surface area contributed by atoms with E-state index in [0.717, 1.165) is 0 Å². The Hall–Kier alpha value is -3.52. The minimum Gasteiger partial charge on any atom is -0.442 e. The van der Waals surface area contributed by atoms with E-state index in [2.05, 4.69) is 10.3 Å². The first-order chi connectivity index (χ1) is 12.9. The molecule has 0 fully saturated rings. The number of aryl methyl sites for hydroxylation is 1. The molecule has 4 N–H and O–H groups in total. The zero-order valence-electron chi connectivity index (χ0n) is 14.3. The Morgan fingerprint density at radius 1 is 1.19 bits per heavy atom. The summed E-state index contributed by atoms with van der Waals surface area (Å²) in [5.74, 6) is -1.78. The number of carbonyl (C=O) groups excluding carboxylic acids is 2. The third kappa shape index (κ3) is 3.85. The monoisotopic (exact) mass is 369 g/mol. The fraction of sp³-hybridized carbons (Fsp3) is 0.105. The van der Waals surface area contributed by atoms with Crippen LogP contribution < -0.4 is 11.1 Å². The van der Waals surface area contributed by atoms with Crippen molar-refractivity contribution in [2.45, 2.75) is 13.0 Å². The van der Waals surface area contributed by atoms with Crippen molar-refractivity contribution in [3.63, 3.8) is 0 Å². The molecule has 138 valence electrons. The van der Waals surface area contributed by atoms with Crippen molar-refractivity contribution < 1.29 is 23.5 Å². The van der Waals surface area contributed by atoms with Gasteiger partial charge in [0.2, 0.25) is 11.8 Å². The van der Waals surface area contributed by atoms with Crippen molar-refractivity contribution in [2.24, 2.45) is 5.73 Å². The lowest BCUT2D eigenvalue weighted by atomic mass is 10.1. The summed E-state index contributed by atoms with van der Waals surface area (Å²) < 4.78 is 19.2. The van der Waals surface area contributed by atoms with Gasteiger partial charge in [0.05, 0.1) is 0 Å². The molecular formula is C19H16FN3O4. The van der Waals surface area contributed by atoms with Gasteiger partial charge in [-0.15, -0.1) is 0 Å². The third-order valence-corrected chi connectivity index (χ3v) is 3.89. The molecule has 2 aromatic carbocycles. The number of carbonyl (C=O) groups is 2. The number of amides is 2. The van der Waals surface area contributed by atoms with Crippen molar-refractivity contribution in [2.75, 3.05) is 5.32 Å². The van der Waals surface area contributed by atoms with Gasteiger partial charge in [-0.25, -0.2) is 9.37 Å². The van der Waals surface area contributed by atoms with Crippen LogP contribution in [0.4, 0.5) is 10.1 Å². The van der Waals surface area contributed by atoms with Crippen LogP contribution in [0, 0.1) is 12.7 Å². The molecule has 1 heterocycles. The smallest absolute Gasteiger partial charge is 0.277 e. The molecule has 3 rings (SSSR count). The second kappa shape index (κ2) is 7.38. The number of benzene rings is 2. The number of aromatic nitrogens is 1. The average molecular weight is 369 g/mol. The van der Waals surface area contributed by atoms with Crippen LogP contribution in [0.15, 0.2) is 52.9 Å². The Balaban J connectivity index is 1.80. The van der Waals surface area contributed by atoms with E-state index in [4.69, 9.17) is 10.2 Å². The number of nitrogens with zero attached hydrogens (tertiary/aromatic N) is 1. The molecule has 8 heteroatoms. The highest BCUT2D eigenvalue weighted by Gasteiger charge is 2.24. The fourth-order valence-corrected chi connectivity index (χ4v) is 2.48. The number of aliphatic hydroxyl groups excluding tert-OH is 1. The van der Waals surface area contributed by atoms with Crippen LogP contribution in [0.1, 0.15) is 44.2 Å². The molecule has 0 bridgehead atoms. The number of nitrogens with one attached hydrogen (secondary N) is 1. The molecule has 0 aliphatic heterocycles. The summed E-state index contributed by atoms with van der Waals surface area (Å²) in [5.41, 5.74) is 5.84. The Kier molecular flexibility index (Phi) is 5.00. The van der Waals surface area contributed by atoms with Gasteiger partial charge in [0.25, 0.3) is 5.91 Å². The molecule has 0 spiro atoms. The average Bonchev–Trinajstić information content (AvgIpc) is 3.04. The van der Waals surface area contributed by atoms with Crippen LogP contribution in [-0.2, 0) is 0 Å². The Morgan fingerprint density at radius 2 is 1.85 bits per heavy atom. The van der Waals surface area contributed by atoms with Gasteiger partial charge in [-0.1, -0.05) is 18.2 Å². The van der Waals surface area contributed by atoms with E-state index in [0.29, 0.717) is 11.3 Å². The van der Waals surface area contributed by atoms with Crippen LogP contribution in [0.2, 0.25) is 0 Å². The largest absolute Gasteiger partial charge is 0.442 e. The predicted octanol–water partition coefficient (Wildman–Crippen LogP) is 2.56. The van der Waals surface area contributed by atoms with E-state index in [1.54, 1.807) is 6.07 Å². The predicted molar refractivity (Wildman–Crippen MR) is 94.6 cm³/mol. The molecule has 27 heavy (non-hydrogen) atoms. The minimum absolute atomic E-state index is 0.00671. The fourth-order valence-electron chi connectivity index (χ4n) is 2.48. The van der Waals surface area contributed by atoms with Crippen LogP contribution in [0.5, 0.6) is 0 Å². The van der Waals surface area contributed by atoms with Gasteiger partial charge < -0.3 is 20.6 Å². The van der Waals surface area contributed by atoms with E-state index in [1.165, 1.54) is 49.4 Å². The van der Waals surface area contributed by atoms with Crippen LogP contribution in [0.3, 0.4) is 0 Å². The van der Waals surface area contributed by atoms with Crippen LogP contribution in [0.25, 0.3) is 0 Å². The summed E-state index contributed by atoms with van der Waals surface area (Å²) >= 11 is 0. The van der Waals surface area contributed by atoms with Crippen molar-refractivity contribution in [1.82, 2.24) is 4.98 Å². The molecular weight excluding hydrogens is 353 g/mol. The summed E-state index contributed by atoms with van der Waals surface area (Å²) in [6.07, 6.45) is -1.44. The summed E-state index contributed by atoms with van der Waals surface area (Å²) in [7, 11) is 0. The SMILES string of the molecule is Cc1oc(C(O)c2ccccc2F)nc1C(=O)Nc1ccc(C(N)=O)cc1. The highest BCUT2D eigenvalue weighted by molar-refractivity contribution is 6.03. The number of anilines is 1. The number of halogens is 1. The first kappa shape index (κ1) is 18.3. The quantitative estimate of drug-likeness (QED) is 0.639. The van der Waals surface area contributed by atoms with Gasteiger partial charge >= 0.3 is 0 Å². The molecule has 0 aliphatic rings. The van der Waals surface area contributed by atoms with Crippen molar-refractivity contribution in [3.05, 3.63) is 82.8 Å². The first-order valence-electron chi connectivity index (χ1n) is 7.98. The van der Waals surface area contributed by atoms with E-state index in [-0.39, 0.29) is 22.9 Å². The molecule has 1 atom stereocenters. The number of primary amides is 1. The van der Waals surface area contributed by atoms with Gasteiger partial charge in [0.15, 0.2) is 11.8 Å². The van der Waals surface area contributed by atoms with Gasteiger partial charge in [0, 0.05) is 16.8 Å². The standard InChI is InChI=1S/C19H16FN3O4/c1-10-15(18(26)22-12-8-6-11(7-9-12)17(21)25)23-19(27-10)16(24)13-4-2-3-5-14(13)20/h2-9,16,24H,1H3,(H2,21,25)(H,22,26). The van der Waals surface area contributed by atoms with Crippen molar-refractivity contribution >= 4 is 17.5 Å². The van der Waals surface area contributed by atoms with Crippen LogP contribution in [-0.4, -0.2) is 21.9 Å². The maximum Gasteiger partial charge on any atom is 0.277 e. The number of oxazole rings is 1. The molecule has 7 nitrogen and oxygen atoms in total. The lowest BCUT2D eigenvalue weighted by Crippen LogP contribution is -2.15. The summed E-state index contributed by atoms with van der Waals surface area (Å²) in [6.45, 7) is 1.51. The zero-order valence-corrected chi connectivity index (χ0v) is 14.3. The molecule has 0 saturated carbocycles. The van der Waals surface area contributed by atoms with E-state index >= 15 is 0 Å². The molecule has 3 aromatic rings. The molecule has 1 unspecified atom stereocenters. The van der Waals surface area contributed by atoms with Gasteiger partial charge in [-0.05, 0) is 37.3 Å². The molecule has 0 aliphatic carbocycles. The Labute approximate surface area is 153 Å². The van der Waals surface area contributed by atoms with E-state index in [9.17, 15) is 19.1 Å². The number of aliphatic hydroxyl groups is 1. The second-order valence-electron chi connectivity index (χ2n) is 5.78. The second-order valence-corrected chi connectivity index (χ2v) is 5.78. The van der Waals surface area contributed by atoms with Crippen LogP contribution >= 0.6 is 0 Å². The molecule has 0 radical (unpaired) electrons. The van der Waals surface area contributed by atoms with E-state index < -0.39 is 23.7 Å². The maximum absolute atomic E-state index is 13.8. The highest BCUT2D eigenvalue weighted by Crippen LogP contribution is 2.25. The van der Waals surface area contributed by atoms with E-state index in [1.807, 2.05) is 0 Å². The first-order valence-corrected chi connectivity index (χ1v) is 7.98. The Bertz CT molecular complexity index is 998. The molecule has 0 saturated heterocycles. The topological polar surface area (TPSA) is 118 Å². The zero-order chi connectivity index (χ0) is 19.6.